The standard InChI is InChI=1S/C23H27N3O4S/c1-13(22(28)25-23-20(21(24)27)15-4-2-6-19(15)31-23)26-9-3-5-16(26)14-7-8-17-18(12-14)30-11-10-29-17/h7-8,12-13,16H,2-6,9-11H2,1H3,(H2,24,27)(H,25,28)/t13-,16+/m1/s1. The summed E-state index contributed by atoms with van der Waals surface area (Å²) in [5.41, 5.74) is 8.30. The van der Waals surface area contributed by atoms with E-state index in [2.05, 4.69) is 16.3 Å². The second-order valence-electron chi connectivity index (χ2n) is 8.39. The highest BCUT2D eigenvalue weighted by Gasteiger charge is 2.35. The Balaban J connectivity index is 1.34. The summed E-state index contributed by atoms with van der Waals surface area (Å²) in [5.74, 6) is 0.978. The molecule has 0 spiro atoms. The van der Waals surface area contributed by atoms with Gasteiger partial charge in [0.2, 0.25) is 5.91 Å². The van der Waals surface area contributed by atoms with Gasteiger partial charge in [-0.15, -0.1) is 11.3 Å². The molecule has 3 aliphatic rings. The Morgan fingerprint density at radius 2 is 2.00 bits per heavy atom. The molecule has 3 heterocycles. The van der Waals surface area contributed by atoms with Crippen molar-refractivity contribution in [3.05, 3.63) is 39.8 Å². The van der Waals surface area contributed by atoms with E-state index in [4.69, 9.17) is 15.2 Å². The van der Waals surface area contributed by atoms with Crippen LogP contribution in [0.5, 0.6) is 11.5 Å². The molecule has 1 aromatic heterocycles. The highest BCUT2D eigenvalue weighted by Crippen LogP contribution is 2.41. The smallest absolute Gasteiger partial charge is 0.251 e. The van der Waals surface area contributed by atoms with Crippen LogP contribution in [0.25, 0.3) is 0 Å². The fraction of sp³-hybridized carbons (Fsp3) is 0.478. The molecule has 2 aliphatic heterocycles. The van der Waals surface area contributed by atoms with Crippen LogP contribution in [0.1, 0.15) is 58.6 Å². The molecule has 1 aliphatic carbocycles. The van der Waals surface area contributed by atoms with Crippen molar-refractivity contribution in [2.75, 3.05) is 25.1 Å². The molecule has 8 heteroatoms. The van der Waals surface area contributed by atoms with E-state index in [-0.39, 0.29) is 18.0 Å². The van der Waals surface area contributed by atoms with E-state index in [1.807, 2.05) is 19.1 Å². The molecule has 0 unspecified atom stereocenters. The lowest BCUT2D eigenvalue weighted by Crippen LogP contribution is -2.41. The quantitative estimate of drug-likeness (QED) is 0.743. The number of primary amides is 1. The van der Waals surface area contributed by atoms with Crippen LogP contribution in [0.4, 0.5) is 5.00 Å². The number of likely N-dealkylation sites (tertiary alicyclic amines) is 1. The molecule has 7 nitrogen and oxygen atoms in total. The third-order valence-corrected chi connectivity index (χ3v) is 7.73. The molecule has 3 N–H and O–H groups in total. The molecule has 31 heavy (non-hydrogen) atoms. The van der Waals surface area contributed by atoms with Gasteiger partial charge in [0.25, 0.3) is 5.91 Å². The number of thiophene rings is 1. The number of rotatable bonds is 5. The lowest BCUT2D eigenvalue weighted by molar-refractivity contribution is -0.121. The van der Waals surface area contributed by atoms with Crippen LogP contribution in [0.15, 0.2) is 18.2 Å². The van der Waals surface area contributed by atoms with Gasteiger partial charge in [0.1, 0.15) is 18.2 Å². The van der Waals surface area contributed by atoms with E-state index < -0.39 is 5.91 Å². The number of nitrogens with one attached hydrogen (secondary N) is 1. The minimum atomic E-state index is -0.460. The van der Waals surface area contributed by atoms with Gasteiger partial charge in [-0.2, -0.15) is 0 Å². The summed E-state index contributed by atoms with van der Waals surface area (Å²) in [6.07, 6.45) is 4.85. The molecule has 2 amide bonds. The molecule has 0 saturated carbocycles. The van der Waals surface area contributed by atoms with Gasteiger partial charge in [-0.05, 0) is 68.8 Å². The zero-order chi connectivity index (χ0) is 21.5. The van der Waals surface area contributed by atoms with Crippen LogP contribution in [0.2, 0.25) is 0 Å². The van der Waals surface area contributed by atoms with Gasteiger partial charge in [-0.3, -0.25) is 14.5 Å². The minimum Gasteiger partial charge on any atom is -0.486 e. The van der Waals surface area contributed by atoms with Crippen LogP contribution < -0.4 is 20.5 Å². The fourth-order valence-corrected chi connectivity index (χ4v) is 6.30. The summed E-state index contributed by atoms with van der Waals surface area (Å²) in [5, 5.41) is 3.61. The Bertz CT molecular complexity index is 1030. The highest BCUT2D eigenvalue weighted by molar-refractivity contribution is 7.17. The molecule has 5 rings (SSSR count). The number of anilines is 1. The lowest BCUT2D eigenvalue weighted by Gasteiger charge is -2.30. The molecule has 164 valence electrons. The number of amides is 2. The second-order valence-corrected chi connectivity index (χ2v) is 9.50. The highest BCUT2D eigenvalue weighted by atomic mass is 32.1. The van der Waals surface area contributed by atoms with Gasteiger partial charge in [0.05, 0.1) is 11.6 Å². The van der Waals surface area contributed by atoms with Crippen LogP contribution in [0.3, 0.4) is 0 Å². The summed E-state index contributed by atoms with van der Waals surface area (Å²) >= 11 is 1.50. The SMILES string of the molecule is C[C@H](C(=O)Nc1sc2c(c1C(N)=O)CCC2)N1CCC[C@H]1c1ccc2c(c1)OCCO2. The maximum absolute atomic E-state index is 13.2. The van der Waals surface area contributed by atoms with Gasteiger partial charge in [0.15, 0.2) is 11.5 Å². The van der Waals surface area contributed by atoms with Crippen molar-refractivity contribution in [1.82, 2.24) is 4.90 Å². The first-order valence-electron chi connectivity index (χ1n) is 10.9. The number of nitrogens with two attached hydrogens (primary N) is 1. The molecular formula is C23H27N3O4S. The molecule has 0 radical (unpaired) electrons. The van der Waals surface area contributed by atoms with E-state index in [0.717, 1.165) is 61.3 Å². The summed E-state index contributed by atoms with van der Waals surface area (Å²) in [7, 11) is 0. The maximum Gasteiger partial charge on any atom is 0.251 e. The van der Waals surface area contributed by atoms with Crippen molar-refractivity contribution in [1.29, 1.82) is 0 Å². The molecule has 1 saturated heterocycles. The van der Waals surface area contributed by atoms with Gasteiger partial charge in [-0.1, -0.05) is 6.07 Å². The van der Waals surface area contributed by atoms with E-state index in [1.165, 1.54) is 16.2 Å². The number of carbonyl (C=O) groups is 2. The Morgan fingerprint density at radius 1 is 1.19 bits per heavy atom. The number of nitrogens with zero attached hydrogens (tertiary/aromatic N) is 1. The van der Waals surface area contributed by atoms with Crippen LogP contribution >= 0.6 is 11.3 Å². The van der Waals surface area contributed by atoms with Crippen molar-refractivity contribution in [3.63, 3.8) is 0 Å². The normalized spacial score (nSPS) is 21.0. The Kier molecular flexibility index (Phi) is 5.35. The van der Waals surface area contributed by atoms with E-state index in [1.54, 1.807) is 0 Å². The van der Waals surface area contributed by atoms with Crippen LogP contribution in [-0.4, -0.2) is 42.5 Å². The van der Waals surface area contributed by atoms with Gasteiger partial charge in [0, 0.05) is 10.9 Å². The van der Waals surface area contributed by atoms with Crippen molar-refractivity contribution in [2.24, 2.45) is 5.73 Å². The molecule has 2 atom stereocenters. The average Bonchev–Trinajstić information content (AvgIpc) is 3.48. The van der Waals surface area contributed by atoms with Crippen molar-refractivity contribution in [3.8, 4) is 11.5 Å². The first kappa shape index (κ1) is 20.3. The summed E-state index contributed by atoms with van der Waals surface area (Å²) in [6, 6.07) is 5.86. The number of fused-ring (bicyclic) bond motifs is 2. The molecule has 1 fully saturated rings. The van der Waals surface area contributed by atoms with Crippen molar-refractivity contribution >= 4 is 28.2 Å². The number of carbonyl (C=O) groups excluding carboxylic acids is 2. The van der Waals surface area contributed by atoms with Gasteiger partial charge < -0.3 is 20.5 Å². The zero-order valence-electron chi connectivity index (χ0n) is 17.6. The fourth-order valence-electron chi connectivity index (χ4n) is 5.00. The topological polar surface area (TPSA) is 93.9 Å². The molecule has 0 bridgehead atoms. The number of hydrogen-bond acceptors (Lipinski definition) is 6. The first-order chi connectivity index (χ1) is 15.0. The molecule has 1 aromatic carbocycles. The molecule has 2 aromatic rings. The van der Waals surface area contributed by atoms with E-state index in [9.17, 15) is 9.59 Å². The van der Waals surface area contributed by atoms with E-state index in [0.29, 0.717) is 23.8 Å². The number of aryl methyl sites for hydroxylation is 1. The lowest BCUT2D eigenvalue weighted by atomic mass is 10.0. The number of hydrogen-bond donors (Lipinski definition) is 2. The number of ether oxygens (including phenoxy) is 2. The Hall–Kier alpha value is -2.58. The first-order valence-corrected chi connectivity index (χ1v) is 11.7. The maximum atomic E-state index is 13.2. The summed E-state index contributed by atoms with van der Waals surface area (Å²) in [6.45, 7) is 3.89. The average molecular weight is 442 g/mol. The second kappa shape index (κ2) is 8.16. The van der Waals surface area contributed by atoms with Crippen molar-refractivity contribution < 1.29 is 19.1 Å². The zero-order valence-corrected chi connectivity index (χ0v) is 18.4. The Morgan fingerprint density at radius 3 is 2.81 bits per heavy atom. The summed E-state index contributed by atoms with van der Waals surface area (Å²) in [4.78, 5) is 28.6. The monoisotopic (exact) mass is 441 g/mol. The minimum absolute atomic E-state index is 0.105. The third kappa shape index (κ3) is 3.68. The largest absolute Gasteiger partial charge is 0.486 e. The number of benzene rings is 1. The molecular weight excluding hydrogens is 414 g/mol. The van der Waals surface area contributed by atoms with Crippen LogP contribution in [0, 0.1) is 0 Å². The Labute approximate surface area is 185 Å². The van der Waals surface area contributed by atoms with Gasteiger partial charge >= 0.3 is 0 Å². The van der Waals surface area contributed by atoms with Crippen molar-refractivity contribution in [2.45, 2.75) is 51.1 Å². The van der Waals surface area contributed by atoms with Crippen LogP contribution in [-0.2, 0) is 17.6 Å². The van der Waals surface area contributed by atoms with Gasteiger partial charge in [-0.25, -0.2) is 0 Å². The predicted molar refractivity (Wildman–Crippen MR) is 119 cm³/mol. The third-order valence-electron chi connectivity index (χ3n) is 6.53. The predicted octanol–water partition coefficient (Wildman–Crippen LogP) is 3.27. The van der Waals surface area contributed by atoms with E-state index >= 15 is 0 Å². The summed E-state index contributed by atoms with van der Waals surface area (Å²) < 4.78 is 11.4.